The largest absolute Gasteiger partial charge is 0.444 e. The minimum absolute atomic E-state index is 0.547. The molecule has 0 bridgehead atoms. The zero-order valence-electron chi connectivity index (χ0n) is 8.25. The summed E-state index contributed by atoms with van der Waals surface area (Å²) in [6.07, 6.45) is -2.27. The van der Waals surface area contributed by atoms with Crippen LogP contribution in [-0.4, -0.2) is 17.2 Å². The SMILES string of the molecule is CC(=O)O[C@H](C#N)[C@@H](O)c1ccccc1. The third-order valence-electron chi connectivity index (χ3n) is 1.85. The van der Waals surface area contributed by atoms with Gasteiger partial charge in [-0.1, -0.05) is 30.3 Å². The normalized spacial score (nSPS) is 13.7. The zero-order chi connectivity index (χ0) is 11.3. The maximum Gasteiger partial charge on any atom is 0.304 e. The minimum atomic E-state index is -1.16. The Hall–Kier alpha value is -1.86. The fourth-order valence-electron chi connectivity index (χ4n) is 1.17. The summed E-state index contributed by atoms with van der Waals surface area (Å²) < 4.78 is 4.67. The van der Waals surface area contributed by atoms with E-state index in [0.29, 0.717) is 5.56 Å². The van der Waals surface area contributed by atoms with Crippen LogP contribution in [0.3, 0.4) is 0 Å². The van der Waals surface area contributed by atoms with Gasteiger partial charge in [0.15, 0.2) is 0 Å². The van der Waals surface area contributed by atoms with E-state index in [2.05, 4.69) is 4.74 Å². The Morgan fingerprint density at radius 1 is 1.47 bits per heavy atom. The van der Waals surface area contributed by atoms with Crippen molar-refractivity contribution < 1.29 is 14.6 Å². The summed E-state index contributed by atoms with van der Waals surface area (Å²) >= 11 is 0. The molecule has 0 aliphatic carbocycles. The van der Waals surface area contributed by atoms with E-state index in [0.717, 1.165) is 0 Å². The first-order chi connectivity index (χ1) is 7.15. The maximum absolute atomic E-state index is 10.7. The molecule has 0 saturated carbocycles. The molecule has 0 radical (unpaired) electrons. The first kappa shape index (κ1) is 11.2. The average Bonchev–Trinajstić information content (AvgIpc) is 2.26. The van der Waals surface area contributed by atoms with E-state index in [4.69, 9.17) is 5.26 Å². The summed E-state index contributed by atoms with van der Waals surface area (Å²) in [6.45, 7) is 1.20. The molecule has 0 aliphatic heterocycles. The monoisotopic (exact) mass is 205 g/mol. The van der Waals surface area contributed by atoms with Crippen molar-refractivity contribution in [2.45, 2.75) is 19.1 Å². The predicted octanol–water partition coefficient (Wildman–Crippen LogP) is 1.18. The second-order valence-electron chi connectivity index (χ2n) is 3.01. The van der Waals surface area contributed by atoms with Gasteiger partial charge in [0.1, 0.15) is 12.2 Å². The predicted molar refractivity (Wildman–Crippen MR) is 52.6 cm³/mol. The van der Waals surface area contributed by atoms with Crippen molar-refractivity contribution in [2.24, 2.45) is 0 Å². The van der Waals surface area contributed by atoms with E-state index in [-0.39, 0.29) is 0 Å². The number of nitriles is 1. The standard InChI is InChI=1S/C11H11NO3/c1-8(13)15-10(7-12)11(14)9-5-3-2-4-6-9/h2-6,10-11,14H,1H3/t10-,11+/m1/s1. The number of rotatable bonds is 3. The number of benzene rings is 1. The van der Waals surface area contributed by atoms with Gasteiger partial charge in [-0.2, -0.15) is 5.26 Å². The van der Waals surface area contributed by atoms with Crippen LogP contribution >= 0.6 is 0 Å². The number of carbonyl (C=O) groups is 1. The molecule has 78 valence electrons. The minimum Gasteiger partial charge on any atom is -0.444 e. The molecule has 0 heterocycles. The topological polar surface area (TPSA) is 70.3 Å². The highest BCUT2D eigenvalue weighted by Crippen LogP contribution is 2.18. The van der Waals surface area contributed by atoms with Gasteiger partial charge < -0.3 is 9.84 Å². The van der Waals surface area contributed by atoms with Gasteiger partial charge in [-0.05, 0) is 5.56 Å². The molecule has 1 rings (SSSR count). The second kappa shape index (κ2) is 5.13. The van der Waals surface area contributed by atoms with Gasteiger partial charge in [0.25, 0.3) is 0 Å². The van der Waals surface area contributed by atoms with E-state index in [1.54, 1.807) is 36.4 Å². The fraction of sp³-hybridized carbons (Fsp3) is 0.273. The Morgan fingerprint density at radius 3 is 2.53 bits per heavy atom. The van der Waals surface area contributed by atoms with Crippen molar-refractivity contribution in [3.63, 3.8) is 0 Å². The first-order valence-electron chi connectivity index (χ1n) is 4.45. The first-order valence-corrected chi connectivity index (χ1v) is 4.45. The van der Waals surface area contributed by atoms with Gasteiger partial charge in [0.2, 0.25) is 6.10 Å². The summed E-state index contributed by atoms with van der Waals surface area (Å²) in [7, 11) is 0. The van der Waals surface area contributed by atoms with Crippen molar-refractivity contribution in [1.29, 1.82) is 5.26 Å². The van der Waals surface area contributed by atoms with Crippen molar-refractivity contribution >= 4 is 5.97 Å². The highest BCUT2D eigenvalue weighted by molar-refractivity contribution is 5.66. The molecule has 0 amide bonds. The number of hydrogen-bond donors (Lipinski definition) is 1. The van der Waals surface area contributed by atoms with Gasteiger partial charge in [0, 0.05) is 6.92 Å². The number of ether oxygens (including phenoxy) is 1. The molecule has 4 heteroatoms. The molecule has 0 unspecified atom stereocenters. The quantitative estimate of drug-likeness (QED) is 0.752. The molecule has 0 spiro atoms. The summed E-state index contributed by atoms with van der Waals surface area (Å²) in [5.41, 5.74) is 0.547. The summed E-state index contributed by atoms with van der Waals surface area (Å²) in [5.74, 6) is -0.587. The van der Waals surface area contributed by atoms with E-state index in [9.17, 15) is 9.90 Å². The molecule has 0 aromatic heterocycles. The third-order valence-corrected chi connectivity index (χ3v) is 1.85. The van der Waals surface area contributed by atoms with Crippen LogP contribution in [0.2, 0.25) is 0 Å². The number of esters is 1. The van der Waals surface area contributed by atoms with Crippen LogP contribution in [-0.2, 0) is 9.53 Å². The van der Waals surface area contributed by atoms with Crippen LogP contribution in [0.1, 0.15) is 18.6 Å². The van der Waals surface area contributed by atoms with Crippen LogP contribution in [0, 0.1) is 11.3 Å². The second-order valence-corrected chi connectivity index (χ2v) is 3.01. The molecule has 1 aromatic carbocycles. The molecule has 2 atom stereocenters. The lowest BCUT2D eigenvalue weighted by Crippen LogP contribution is -2.22. The van der Waals surface area contributed by atoms with Crippen molar-refractivity contribution in [3.05, 3.63) is 35.9 Å². The molecule has 1 N–H and O–H groups in total. The molecular weight excluding hydrogens is 194 g/mol. The highest BCUT2D eigenvalue weighted by atomic mass is 16.6. The molecule has 0 fully saturated rings. The zero-order valence-corrected chi connectivity index (χ0v) is 8.25. The van der Waals surface area contributed by atoms with Crippen LogP contribution in [0.15, 0.2) is 30.3 Å². The summed E-state index contributed by atoms with van der Waals surface area (Å²) in [4.78, 5) is 10.7. The van der Waals surface area contributed by atoms with Crippen LogP contribution in [0.4, 0.5) is 0 Å². The molecule has 15 heavy (non-hydrogen) atoms. The summed E-state index contributed by atoms with van der Waals surface area (Å²) in [5, 5.41) is 18.4. The number of hydrogen-bond acceptors (Lipinski definition) is 4. The van der Waals surface area contributed by atoms with E-state index in [1.165, 1.54) is 6.92 Å². The lowest BCUT2D eigenvalue weighted by molar-refractivity contribution is -0.148. The molecule has 0 saturated heterocycles. The van der Waals surface area contributed by atoms with Crippen LogP contribution in [0.25, 0.3) is 0 Å². The van der Waals surface area contributed by atoms with E-state index < -0.39 is 18.2 Å². The Morgan fingerprint density at radius 2 is 2.07 bits per heavy atom. The fourth-order valence-corrected chi connectivity index (χ4v) is 1.17. The number of carbonyl (C=O) groups excluding carboxylic acids is 1. The number of aliphatic hydroxyl groups excluding tert-OH is 1. The van der Waals surface area contributed by atoms with Gasteiger partial charge in [-0.3, -0.25) is 4.79 Å². The molecule has 0 aliphatic rings. The lowest BCUT2D eigenvalue weighted by Gasteiger charge is -2.16. The van der Waals surface area contributed by atoms with E-state index in [1.807, 2.05) is 0 Å². The van der Waals surface area contributed by atoms with Crippen LogP contribution < -0.4 is 0 Å². The van der Waals surface area contributed by atoms with Crippen molar-refractivity contribution in [2.75, 3.05) is 0 Å². The number of nitrogens with zero attached hydrogens (tertiary/aromatic N) is 1. The third kappa shape index (κ3) is 3.08. The van der Waals surface area contributed by atoms with Crippen LogP contribution in [0.5, 0.6) is 0 Å². The average molecular weight is 205 g/mol. The van der Waals surface area contributed by atoms with Gasteiger partial charge >= 0.3 is 5.97 Å². The summed E-state index contributed by atoms with van der Waals surface area (Å²) in [6, 6.07) is 10.3. The number of aliphatic hydroxyl groups is 1. The maximum atomic E-state index is 10.7. The van der Waals surface area contributed by atoms with Gasteiger partial charge in [-0.15, -0.1) is 0 Å². The lowest BCUT2D eigenvalue weighted by atomic mass is 10.1. The van der Waals surface area contributed by atoms with Crippen molar-refractivity contribution in [3.8, 4) is 6.07 Å². The Kier molecular flexibility index (Phi) is 3.83. The smallest absolute Gasteiger partial charge is 0.304 e. The molecule has 1 aromatic rings. The molecular formula is C11H11NO3. The highest BCUT2D eigenvalue weighted by Gasteiger charge is 2.22. The van der Waals surface area contributed by atoms with Crippen molar-refractivity contribution in [1.82, 2.24) is 0 Å². The Balaban J connectivity index is 2.79. The van der Waals surface area contributed by atoms with E-state index >= 15 is 0 Å². The molecule has 4 nitrogen and oxygen atoms in total. The van der Waals surface area contributed by atoms with Gasteiger partial charge in [0.05, 0.1) is 0 Å². The Bertz CT molecular complexity index is 369. The Labute approximate surface area is 87.7 Å². The van der Waals surface area contributed by atoms with Gasteiger partial charge in [-0.25, -0.2) is 0 Å².